The molecule has 60 valence electrons. The molecule has 1 aliphatic heterocycles. The molecule has 2 heteroatoms. The molecule has 0 amide bonds. The molecule has 0 aliphatic carbocycles. The molecule has 0 saturated carbocycles. The van der Waals surface area contributed by atoms with Crippen molar-refractivity contribution in [2.45, 2.75) is 19.8 Å². The van der Waals surface area contributed by atoms with Crippen LogP contribution in [-0.2, 0) is 4.74 Å². The van der Waals surface area contributed by atoms with Crippen molar-refractivity contribution in [3.63, 3.8) is 0 Å². The van der Waals surface area contributed by atoms with E-state index in [1.54, 1.807) is 0 Å². The van der Waals surface area contributed by atoms with Crippen LogP contribution in [0.5, 0.6) is 0 Å². The largest absolute Gasteiger partial charge is 0.381 e. The Balaban J connectivity index is 2.02. The summed E-state index contributed by atoms with van der Waals surface area (Å²) in [6.45, 7) is 4.22. The molecule has 0 aromatic rings. The molecule has 0 radical (unpaired) electrons. The van der Waals surface area contributed by atoms with Gasteiger partial charge in [0.15, 0.2) is 0 Å². The summed E-state index contributed by atoms with van der Waals surface area (Å²) in [5, 5.41) is 0. The van der Waals surface area contributed by atoms with Crippen LogP contribution < -0.4 is 0 Å². The van der Waals surface area contributed by atoms with Gasteiger partial charge in [0.25, 0.3) is 0 Å². The maximum absolute atomic E-state index is 5.27. The highest BCUT2D eigenvalue weighted by Gasteiger charge is 2.12. The molecule has 1 saturated heterocycles. The Hall–Kier alpha value is 0.310. The maximum atomic E-state index is 5.27. The van der Waals surface area contributed by atoms with Crippen molar-refractivity contribution < 1.29 is 4.74 Å². The second-order valence-corrected chi connectivity index (χ2v) is 4.03. The van der Waals surface area contributed by atoms with E-state index in [1.165, 1.54) is 24.3 Å². The topological polar surface area (TPSA) is 9.23 Å². The summed E-state index contributed by atoms with van der Waals surface area (Å²) in [4.78, 5) is 0. The van der Waals surface area contributed by atoms with Crippen molar-refractivity contribution in [2.75, 3.05) is 24.7 Å². The van der Waals surface area contributed by atoms with Gasteiger partial charge in [0.05, 0.1) is 0 Å². The molecule has 0 aromatic heterocycles. The van der Waals surface area contributed by atoms with Crippen LogP contribution in [0.2, 0.25) is 0 Å². The molecule has 0 bridgehead atoms. The molecule has 1 nitrogen and oxygen atoms in total. The number of thioether (sulfide) groups is 1. The van der Waals surface area contributed by atoms with Crippen LogP contribution in [0.25, 0.3) is 0 Å². The third kappa shape index (κ3) is 2.93. The van der Waals surface area contributed by atoms with Crippen LogP contribution in [0.1, 0.15) is 19.8 Å². The first-order valence-electron chi connectivity index (χ1n) is 4.09. The van der Waals surface area contributed by atoms with E-state index >= 15 is 0 Å². The average molecular weight is 160 g/mol. The minimum Gasteiger partial charge on any atom is -0.381 e. The number of hydrogen-bond acceptors (Lipinski definition) is 2. The number of rotatable bonds is 3. The van der Waals surface area contributed by atoms with Crippen molar-refractivity contribution in [2.24, 2.45) is 5.92 Å². The van der Waals surface area contributed by atoms with Crippen molar-refractivity contribution in [3.05, 3.63) is 0 Å². The van der Waals surface area contributed by atoms with E-state index in [0.717, 1.165) is 19.1 Å². The van der Waals surface area contributed by atoms with Gasteiger partial charge >= 0.3 is 0 Å². The molecule has 0 spiro atoms. The molecular weight excluding hydrogens is 144 g/mol. The Morgan fingerprint density at radius 1 is 1.40 bits per heavy atom. The zero-order valence-electron chi connectivity index (χ0n) is 6.64. The molecule has 1 rings (SSSR count). The Morgan fingerprint density at radius 2 is 2.10 bits per heavy atom. The lowest BCUT2D eigenvalue weighted by Crippen LogP contribution is -2.17. The van der Waals surface area contributed by atoms with Crippen molar-refractivity contribution >= 4 is 11.8 Å². The quantitative estimate of drug-likeness (QED) is 0.625. The molecule has 10 heavy (non-hydrogen) atoms. The SMILES string of the molecule is CCSCC1CCOCC1. The second kappa shape index (κ2) is 5.03. The Morgan fingerprint density at radius 3 is 2.70 bits per heavy atom. The Labute approximate surface area is 67.5 Å². The predicted molar refractivity (Wildman–Crippen MR) is 46.5 cm³/mol. The van der Waals surface area contributed by atoms with Gasteiger partial charge in [-0.3, -0.25) is 0 Å². The first-order chi connectivity index (χ1) is 4.93. The first kappa shape index (κ1) is 8.41. The van der Waals surface area contributed by atoms with Crippen LogP contribution in [0.3, 0.4) is 0 Å². The normalized spacial score (nSPS) is 21.3. The lowest BCUT2D eigenvalue weighted by atomic mass is 10.0. The van der Waals surface area contributed by atoms with Crippen molar-refractivity contribution in [1.82, 2.24) is 0 Å². The molecule has 0 aromatic carbocycles. The van der Waals surface area contributed by atoms with Crippen LogP contribution in [-0.4, -0.2) is 24.7 Å². The molecule has 1 aliphatic rings. The molecule has 1 fully saturated rings. The maximum Gasteiger partial charge on any atom is 0.0468 e. The van der Waals surface area contributed by atoms with Gasteiger partial charge in [0.1, 0.15) is 0 Å². The number of hydrogen-bond donors (Lipinski definition) is 0. The van der Waals surface area contributed by atoms with Gasteiger partial charge in [0, 0.05) is 13.2 Å². The van der Waals surface area contributed by atoms with Crippen LogP contribution in [0.15, 0.2) is 0 Å². The predicted octanol–water partition coefficient (Wildman–Crippen LogP) is 2.17. The van der Waals surface area contributed by atoms with Crippen molar-refractivity contribution in [3.8, 4) is 0 Å². The fraction of sp³-hybridized carbons (Fsp3) is 1.00. The van der Waals surface area contributed by atoms with E-state index in [1.807, 2.05) is 0 Å². The summed E-state index contributed by atoms with van der Waals surface area (Å²) in [6.07, 6.45) is 2.57. The van der Waals surface area contributed by atoms with E-state index in [2.05, 4.69) is 18.7 Å². The van der Waals surface area contributed by atoms with E-state index in [4.69, 9.17) is 4.74 Å². The Kier molecular flexibility index (Phi) is 4.23. The van der Waals surface area contributed by atoms with Crippen LogP contribution >= 0.6 is 11.8 Å². The summed E-state index contributed by atoms with van der Waals surface area (Å²) in [6, 6.07) is 0. The summed E-state index contributed by atoms with van der Waals surface area (Å²) in [7, 11) is 0. The fourth-order valence-corrected chi connectivity index (χ4v) is 2.10. The minimum absolute atomic E-state index is 0.943. The second-order valence-electron chi connectivity index (χ2n) is 2.72. The summed E-state index contributed by atoms with van der Waals surface area (Å²) in [5.74, 6) is 3.55. The van der Waals surface area contributed by atoms with Gasteiger partial charge in [-0.05, 0) is 30.3 Å². The highest BCUT2D eigenvalue weighted by atomic mass is 32.2. The highest BCUT2D eigenvalue weighted by Crippen LogP contribution is 2.19. The van der Waals surface area contributed by atoms with Gasteiger partial charge < -0.3 is 4.74 Å². The highest BCUT2D eigenvalue weighted by molar-refractivity contribution is 7.99. The van der Waals surface area contributed by atoms with Gasteiger partial charge in [0.2, 0.25) is 0 Å². The molecule has 1 heterocycles. The third-order valence-electron chi connectivity index (χ3n) is 1.90. The number of ether oxygens (including phenoxy) is 1. The summed E-state index contributed by atoms with van der Waals surface area (Å²) < 4.78 is 5.27. The zero-order chi connectivity index (χ0) is 7.23. The van der Waals surface area contributed by atoms with E-state index < -0.39 is 0 Å². The Bertz CT molecular complexity index is 79.3. The summed E-state index contributed by atoms with van der Waals surface area (Å²) >= 11 is 2.06. The average Bonchev–Trinajstić information content (AvgIpc) is 2.03. The fourth-order valence-electron chi connectivity index (χ4n) is 1.20. The van der Waals surface area contributed by atoms with Crippen LogP contribution in [0, 0.1) is 5.92 Å². The molecule has 0 unspecified atom stereocenters. The van der Waals surface area contributed by atoms with E-state index in [0.29, 0.717) is 0 Å². The van der Waals surface area contributed by atoms with E-state index in [9.17, 15) is 0 Å². The monoisotopic (exact) mass is 160 g/mol. The summed E-state index contributed by atoms with van der Waals surface area (Å²) in [5.41, 5.74) is 0. The van der Waals surface area contributed by atoms with Gasteiger partial charge in [-0.25, -0.2) is 0 Å². The molecule has 0 N–H and O–H groups in total. The molecule has 0 atom stereocenters. The van der Waals surface area contributed by atoms with Crippen LogP contribution in [0.4, 0.5) is 0 Å². The van der Waals surface area contributed by atoms with E-state index in [-0.39, 0.29) is 0 Å². The van der Waals surface area contributed by atoms with Gasteiger partial charge in [-0.1, -0.05) is 6.92 Å². The van der Waals surface area contributed by atoms with Crippen molar-refractivity contribution in [1.29, 1.82) is 0 Å². The van der Waals surface area contributed by atoms with Gasteiger partial charge in [-0.15, -0.1) is 0 Å². The first-order valence-corrected chi connectivity index (χ1v) is 5.24. The molecular formula is C8H16OS. The lowest BCUT2D eigenvalue weighted by molar-refractivity contribution is 0.0728. The zero-order valence-corrected chi connectivity index (χ0v) is 7.45. The lowest BCUT2D eigenvalue weighted by Gasteiger charge is -2.20. The minimum atomic E-state index is 0.943. The smallest absolute Gasteiger partial charge is 0.0468 e. The van der Waals surface area contributed by atoms with Gasteiger partial charge in [-0.2, -0.15) is 11.8 Å². The standard InChI is InChI=1S/C8H16OS/c1-2-10-7-8-3-5-9-6-4-8/h8H,2-7H2,1H3. The third-order valence-corrected chi connectivity index (χ3v) is 3.01.